The Bertz CT molecular complexity index is 904. The molecule has 0 aliphatic carbocycles. The van der Waals surface area contributed by atoms with Gasteiger partial charge in [0.05, 0.1) is 5.92 Å². The van der Waals surface area contributed by atoms with E-state index in [0.717, 1.165) is 21.7 Å². The minimum atomic E-state index is -0.890. The number of carbonyl (C=O) groups excluding carboxylic acids is 4. The molecule has 154 valence electrons. The fourth-order valence-electron chi connectivity index (χ4n) is 4.68. The van der Waals surface area contributed by atoms with E-state index in [9.17, 15) is 19.2 Å². The Kier molecular flexibility index (Phi) is 4.59. The number of piperidine rings is 1. The van der Waals surface area contributed by atoms with Crippen LogP contribution in [0.15, 0.2) is 18.2 Å². The van der Waals surface area contributed by atoms with Gasteiger partial charge in [-0.3, -0.25) is 19.3 Å². The van der Waals surface area contributed by atoms with Gasteiger partial charge < -0.3 is 15.1 Å². The van der Waals surface area contributed by atoms with Crippen LogP contribution in [0.2, 0.25) is 0 Å². The van der Waals surface area contributed by atoms with E-state index >= 15 is 0 Å². The van der Waals surface area contributed by atoms with Gasteiger partial charge in [-0.15, -0.1) is 0 Å². The molecule has 3 saturated heterocycles. The first-order chi connectivity index (χ1) is 13.7. The molecular formula is C21H26N4O4. The monoisotopic (exact) mass is 398 g/mol. The van der Waals surface area contributed by atoms with Crippen LogP contribution in [0.25, 0.3) is 0 Å². The van der Waals surface area contributed by atoms with Crippen molar-refractivity contribution in [2.75, 3.05) is 31.6 Å². The molecule has 1 aromatic rings. The van der Waals surface area contributed by atoms with Crippen molar-refractivity contribution in [1.82, 2.24) is 15.1 Å². The van der Waals surface area contributed by atoms with Gasteiger partial charge >= 0.3 is 6.03 Å². The maximum Gasteiger partial charge on any atom is 0.324 e. The number of imide groups is 1. The molecule has 1 atom stereocenters. The molecule has 1 aromatic carbocycles. The van der Waals surface area contributed by atoms with Crippen LogP contribution in [0.5, 0.6) is 0 Å². The predicted octanol–water partition coefficient (Wildman–Crippen LogP) is 1.20. The molecule has 0 radical (unpaired) electrons. The van der Waals surface area contributed by atoms with E-state index in [1.165, 1.54) is 7.05 Å². The van der Waals surface area contributed by atoms with Gasteiger partial charge in [-0.25, -0.2) is 4.79 Å². The molecule has 1 N–H and O–H groups in total. The summed E-state index contributed by atoms with van der Waals surface area (Å²) < 4.78 is 0. The van der Waals surface area contributed by atoms with E-state index in [4.69, 9.17) is 0 Å². The zero-order valence-electron chi connectivity index (χ0n) is 17.0. The molecule has 0 unspecified atom stereocenters. The van der Waals surface area contributed by atoms with Crippen LogP contribution in [0.3, 0.4) is 0 Å². The summed E-state index contributed by atoms with van der Waals surface area (Å²) >= 11 is 0. The van der Waals surface area contributed by atoms with Crippen molar-refractivity contribution in [3.8, 4) is 0 Å². The van der Waals surface area contributed by atoms with Crippen molar-refractivity contribution in [1.29, 1.82) is 0 Å². The lowest BCUT2D eigenvalue weighted by Crippen LogP contribution is -2.56. The van der Waals surface area contributed by atoms with Gasteiger partial charge in [0, 0.05) is 38.8 Å². The number of hydrogen-bond donors (Lipinski definition) is 1. The van der Waals surface area contributed by atoms with Gasteiger partial charge in [0.15, 0.2) is 0 Å². The Balaban J connectivity index is 1.42. The number of nitrogens with one attached hydrogen (secondary N) is 1. The maximum atomic E-state index is 13.0. The Morgan fingerprint density at radius 1 is 1.14 bits per heavy atom. The molecule has 8 nitrogen and oxygen atoms in total. The quantitative estimate of drug-likeness (QED) is 0.758. The lowest BCUT2D eigenvalue weighted by Gasteiger charge is -2.38. The molecule has 1 spiro atoms. The third-order valence-corrected chi connectivity index (χ3v) is 6.41. The molecule has 0 aromatic heterocycles. The Hall–Kier alpha value is -2.90. The first kappa shape index (κ1) is 19.4. The second-order valence-electron chi connectivity index (χ2n) is 8.40. The van der Waals surface area contributed by atoms with E-state index < -0.39 is 5.54 Å². The third-order valence-electron chi connectivity index (χ3n) is 6.41. The van der Waals surface area contributed by atoms with Gasteiger partial charge in [0.1, 0.15) is 5.54 Å². The standard InChI is InChI=1S/C21H26N4O4/c1-13-4-5-16(14(2)10-13)25-12-15(11-17(25)26)18(27)24-8-6-21(7-9-24)19(28)23(3)20(29)22-21/h4-5,10,15H,6-9,11-12H2,1-3H3,(H,22,29)/t15-/m0/s1. The molecule has 3 aliphatic rings. The van der Waals surface area contributed by atoms with Crippen LogP contribution in [-0.4, -0.2) is 65.8 Å². The number of nitrogens with zero attached hydrogens (tertiary/aromatic N) is 3. The van der Waals surface area contributed by atoms with Gasteiger partial charge in [0.25, 0.3) is 5.91 Å². The number of rotatable bonds is 2. The van der Waals surface area contributed by atoms with E-state index in [0.29, 0.717) is 32.5 Å². The summed E-state index contributed by atoms with van der Waals surface area (Å²) in [4.78, 5) is 54.4. The molecule has 29 heavy (non-hydrogen) atoms. The summed E-state index contributed by atoms with van der Waals surface area (Å²) in [6.07, 6.45) is 0.996. The summed E-state index contributed by atoms with van der Waals surface area (Å²) in [7, 11) is 1.47. The molecule has 8 heteroatoms. The van der Waals surface area contributed by atoms with Crippen molar-refractivity contribution in [3.05, 3.63) is 29.3 Å². The third kappa shape index (κ3) is 3.16. The lowest BCUT2D eigenvalue weighted by molar-refractivity contribution is -0.140. The van der Waals surface area contributed by atoms with Gasteiger partial charge in [-0.1, -0.05) is 17.7 Å². The summed E-state index contributed by atoms with van der Waals surface area (Å²) in [5.41, 5.74) is 2.12. The minimum absolute atomic E-state index is 0.0383. The summed E-state index contributed by atoms with van der Waals surface area (Å²) in [6, 6.07) is 5.55. The highest BCUT2D eigenvalue weighted by atomic mass is 16.2. The van der Waals surface area contributed by atoms with Crippen molar-refractivity contribution in [3.63, 3.8) is 0 Å². The Morgan fingerprint density at radius 3 is 2.41 bits per heavy atom. The number of hydrogen-bond acceptors (Lipinski definition) is 4. The zero-order chi connectivity index (χ0) is 20.9. The number of likely N-dealkylation sites (tertiary alicyclic amines) is 1. The fourth-order valence-corrected chi connectivity index (χ4v) is 4.68. The van der Waals surface area contributed by atoms with Gasteiger partial charge in [-0.2, -0.15) is 0 Å². The predicted molar refractivity (Wildman–Crippen MR) is 106 cm³/mol. The highest BCUT2D eigenvalue weighted by molar-refractivity contribution is 6.07. The maximum absolute atomic E-state index is 13.0. The van der Waals surface area contributed by atoms with E-state index in [1.807, 2.05) is 32.0 Å². The normalized spacial score (nSPS) is 23.9. The second kappa shape index (κ2) is 6.86. The minimum Gasteiger partial charge on any atom is -0.342 e. The van der Waals surface area contributed by atoms with E-state index in [-0.39, 0.29) is 36.1 Å². The molecule has 0 saturated carbocycles. The van der Waals surface area contributed by atoms with Crippen molar-refractivity contribution < 1.29 is 19.2 Å². The molecule has 5 amide bonds. The zero-order valence-corrected chi connectivity index (χ0v) is 17.0. The number of carbonyl (C=O) groups is 4. The average molecular weight is 398 g/mol. The SMILES string of the molecule is Cc1ccc(N2C[C@@H](C(=O)N3CCC4(CC3)NC(=O)N(C)C4=O)CC2=O)c(C)c1. The summed E-state index contributed by atoms with van der Waals surface area (Å²) in [5, 5.41) is 2.78. The second-order valence-corrected chi connectivity index (χ2v) is 8.40. The highest BCUT2D eigenvalue weighted by Crippen LogP contribution is 2.32. The number of urea groups is 1. The van der Waals surface area contributed by atoms with Crippen LogP contribution in [0, 0.1) is 19.8 Å². The fraction of sp³-hybridized carbons (Fsp3) is 0.524. The van der Waals surface area contributed by atoms with Crippen molar-refractivity contribution in [2.45, 2.75) is 38.6 Å². The van der Waals surface area contributed by atoms with Crippen LogP contribution in [0.1, 0.15) is 30.4 Å². The molecule has 3 heterocycles. The van der Waals surface area contributed by atoms with E-state index in [1.54, 1.807) is 9.80 Å². The lowest BCUT2D eigenvalue weighted by atomic mass is 9.87. The van der Waals surface area contributed by atoms with E-state index in [2.05, 4.69) is 5.32 Å². The molecular weight excluding hydrogens is 372 g/mol. The van der Waals surface area contributed by atoms with Gasteiger partial charge in [0.2, 0.25) is 11.8 Å². The Morgan fingerprint density at radius 2 is 1.83 bits per heavy atom. The highest BCUT2D eigenvalue weighted by Gasteiger charge is 2.52. The van der Waals surface area contributed by atoms with Crippen LogP contribution in [-0.2, 0) is 14.4 Å². The van der Waals surface area contributed by atoms with Gasteiger partial charge in [-0.05, 0) is 38.3 Å². The molecule has 0 bridgehead atoms. The first-order valence-corrected chi connectivity index (χ1v) is 9.98. The molecule has 3 aliphatic heterocycles. The number of likely N-dealkylation sites (N-methyl/N-ethyl adjacent to an activating group) is 1. The molecule has 4 rings (SSSR count). The number of anilines is 1. The Labute approximate surface area is 169 Å². The van der Waals surface area contributed by atoms with Crippen LogP contribution >= 0.6 is 0 Å². The van der Waals surface area contributed by atoms with Crippen LogP contribution < -0.4 is 10.2 Å². The average Bonchev–Trinajstić information content (AvgIpc) is 3.16. The van der Waals surface area contributed by atoms with Crippen molar-refractivity contribution >= 4 is 29.4 Å². The summed E-state index contributed by atoms with van der Waals surface area (Å²) in [5.74, 6) is -0.699. The number of amides is 5. The van der Waals surface area contributed by atoms with Crippen molar-refractivity contribution in [2.24, 2.45) is 5.92 Å². The largest absolute Gasteiger partial charge is 0.342 e. The number of benzene rings is 1. The first-order valence-electron chi connectivity index (χ1n) is 9.98. The topological polar surface area (TPSA) is 90.0 Å². The smallest absolute Gasteiger partial charge is 0.324 e. The van der Waals surface area contributed by atoms with Crippen LogP contribution in [0.4, 0.5) is 10.5 Å². The summed E-state index contributed by atoms with van der Waals surface area (Å²) in [6.45, 7) is 5.15. The number of aryl methyl sites for hydroxylation is 2. The molecule has 3 fully saturated rings.